The van der Waals surface area contributed by atoms with Gasteiger partial charge in [0.25, 0.3) is 0 Å². The van der Waals surface area contributed by atoms with Gasteiger partial charge in [0.2, 0.25) is 10.0 Å². The second-order valence-corrected chi connectivity index (χ2v) is 7.59. The zero-order valence-electron chi connectivity index (χ0n) is 10.5. The average molecular weight is 289 g/mol. The molecule has 2 rings (SSSR count). The first-order chi connectivity index (χ1) is 8.57. The molecule has 1 N–H and O–H groups in total. The third-order valence-electron chi connectivity index (χ3n) is 3.46. The molecule has 0 aliphatic heterocycles. The van der Waals surface area contributed by atoms with Crippen LogP contribution >= 0.6 is 11.3 Å². The highest BCUT2D eigenvalue weighted by atomic mass is 32.2. The largest absolute Gasteiger partial charge is 0.391 e. The van der Waals surface area contributed by atoms with Gasteiger partial charge in [-0.2, -0.15) is 4.31 Å². The maximum absolute atomic E-state index is 12.4. The number of nitrogens with zero attached hydrogens (tertiary/aromatic N) is 1. The molecule has 1 fully saturated rings. The van der Waals surface area contributed by atoms with Crippen molar-refractivity contribution in [1.82, 2.24) is 4.31 Å². The Balaban J connectivity index is 2.16. The van der Waals surface area contributed by atoms with Crippen LogP contribution in [0, 0.1) is 5.92 Å². The first kappa shape index (κ1) is 14.0. The standard InChI is InChI=1S/C12H19NO3S2/c1-2-13(7-10-4-3-5-10)18(15,16)12-6-11(8-14)17-9-12/h6,9-10,14H,2-5,7-8H2,1H3. The highest BCUT2D eigenvalue weighted by Gasteiger charge is 2.29. The molecule has 1 aromatic rings. The highest BCUT2D eigenvalue weighted by molar-refractivity contribution is 7.89. The minimum absolute atomic E-state index is 0.102. The van der Waals surface area contributed by atoms with E-state index in [-0.39, 0.29) is 6.61 Å². The highest BCUT2D eigenvalue weighted by Crippen LogP contribution is 2.30. The van der Waals surface area contributed by atoms with Crippen LogP contribution in [-0.2, 0) is 16.6 Å². The SMILES string of the molecule is CCN(CC1CCC1)S(=O)(=O)c1csc(CO)c1. The Hall–Kier alpha value is -0.430. The van der Waals surface area contributed by atoms with Crippen LogP contribution in [0.25, 0.3) is 0 Å². The summed E-state index contributed by atoms with van der Waals surface area (Å²) in [5.74, 6) is 0.524. The van der Waals surface area contributed by atoms with Crippen molar-refractivity contribution in [2.75, 3.05) is 13.1 Å². The van der Waals surface area contributed by atoms with Crippen LogP contribution in [0.3, 0.4) is 0 Å². The normalized spacial score (nSPS) is 17.1. The smallest absolute Gasteiger partial charge is 0.243 e. The van der Waals surface area contributed by atoms with E-state index in [0.29, 0.717) is 28.8 Å². The fourth-order valence-corrected chi connectivity index (χ4v) is 4.74. The minimum Gasteiger partial charge on any atom is -0.391 e. The van der Waals surface area contributed by atoms with E-state index in [0.717, 1.165) is 12.8 Å². The Bertz CT molecular complexity index is 491. The zero-order chi connectivity index (χ0) is 13.2. The molecule has 0 atom stereocenters. The summed E-state index contributed by atoms with van der Waals surface area (Å²) in [6.45, 7) is 2.90. The molecule has 6 heteroatoms. The Morgan fingerprint density at radius 2 is 2.22 bits per heavy atom. The quantitative estimate of drug-likeness (QED) is 0.872. The molecule has 0 radical (unpaired) electrons. The van der Waals surface area contributed by atoms with Gasteiger partial charge in [-0.05, 0) is 24.8 Å². The maximum Gasteiger partial charge on any atom is 0.243 e. The Kier molecular flexibility index (Phi) is 4.42. The second kappa shape index (κ2) is 5.69. The van der Waals surface area contributed by atoms with Gasteiger partial charge in [-0.1, -0.05) is 13.3 Å². The predicted molar refractivity (Wildman–Crippen MR) is 72.0 cm³/mol. The lowest BCUT2D eigenvalue weighted by atomic mass is 9.85. The van der Waals surface area contributed by atoms with Crippen molar-refractivity contribution in [3.8, 4) is 0 Å². The molecule has 0 bridgehead atoms. The molecule has 0 saturated heterocycles. The summed E-state index contributed by atoms with van der Waals surface area (Å²) in [7, 11) is -3.38. The van der Waals surface area contributed by atoms with Gasteiger partial charge in [0.15, 0.2) is 0 Å². The third kappa shape index (κ3) is 2.77. The molecule has 18 heavy (non-hydrogen) atoms. The van der Waals surface area contributed by atoms with Crippen molar-refractivity contribution in [3.63, 3.8) is 0 Å². The second-order valence-electron chi connectivity index (χ2n) is 4.66. The Morgan fingerprint density at radius 1 is 1.50 bits per heavy atom. The number of hydrogen-bond acceptors (Lipinski definition) is 4. The fraction of sp³-hybridized carbons (Fsp3) is 0.667. The molecular weight excluding hydrogens is 270 g/mol. The number of hydrogen-bond donors (Lipinski definition) is 1. The van der Waals surface area contributed by atoms with Gasteiger partial charge in [0, 0.05) is 23.3 Å². The van der Waals surface area contributed by atoms with Crippen LogP contribution < -0.4 is 0 Å². The van der Waals surface area contributed by atoms with E-state index in [1.807, 2.05) is 6.92 Å². The van der Waals surface area contributed by atoms with E-state index in [9.17, 15) is 8.42 Å². The van der Waals surface area contributed by atoms with Crippen LogP contribution in [-0.4, -0.2) is 30.9 Å². The van der Waals surface area contributed by atoms with Gasteiger partial charge < -0.3 is 5.11 Å². The van der Waals surface area contributed by atoms with Gasteiger partial charge in [-0.25, -0.2) is 8.42 Å². The zero-order valence-corrected chi connectivity index (χ0v) is 12.1. The predicted octanol–water partition coefficient (Wildman–Crippen LogP) is 2.05. The van der Waals surface area contributed by atoms with Gasteiger partial charge in [-0.15, -0.1) is 11.3 Å². The topological polar surface area (TPSA) is 57.6 Å². The van der Waals surface area contributed by atoms with Crippen LogP contribution in [0.5, 0.6) is 0 Å². The summed E-state index contributed by atoms with van der Waals surface area (Å²) in [4.78, 5) is 1.01. The summed E-state index contributed by atoms with van der Waals surface area (Å²) < 4.78 is 26.4. The monoisotopic (exact) mass is 289 g/mol. The van der Waals surface area contributed by atoms with Crippen molar-refractivity contribution in [1.29, 1.82) is 0 Å². The summed E-state index contributed by atoms with van der Waals surface area (Å²) >= 11 is 1.29. The van der Waals surface area contributed by atoms with Crippen LogP contribution in [0.4, 0.5) is 0 Å². The summed E-state index contributed by atoms with van der Waals surface area (Å²) in [5.41, 5.74) is 0. The molecule has 1 aliphatic rings. The van der Waals surface area contributed by atoms with Crippen LogP contribution in [0.2, 0.25) is 0 Å². The summed E-state index contributed by atoms with van der Waals surface area (Å²) in [6.07, 6.45) is 3.49. The van der Waals surface area contributed by atoms with E-state index >= 15 is 0 Å². The van der Waals surface area contributed by atoms with E-state index in [1.165, 1.54) is 17.8 Å². The lowest BCUT2D eigenvalue weighted by Crippen LogP contribution is -2.37. The van der Waals surface area contributed by atoms with E-state index in [1.54, 1.807) is 15.8 Å². The lowest BCUT2D eigenvalue weighted by molar-refractivity contribution is 0.250. The molecule has 1 aliphatic carbocycles. The molecule has 1 aromatic heterocycles. The van der Waals surface area contributed by atoms with Gasteiger partial charge in [-0.3, -0.25) is 0 Å². The molecule has 0 aromatic carbocycles. The number of sulfonamides is 1. The average Bonchev–Trinajstić information content (AvgIpc) is 2.76. The summed E-state index contributed by atoms with van der Waals surface area (Å²) in [5, 5.41) is 10.6. The molecule has 0 unspecified atom stereocenters. The Labute approximate surface area is 112 Å². The van der Waals surface area contributed by atoms with Crippen LogP contribution in [0.15, 0.2) is 16.3 Å². The van der Waals surface area contributed by atoms with Crippen molar-refractivity contribution in [3.05, 3.63) is 16.3 Å². The third-order valence-corrected chi connectivity index (χ3v) is 6.45. The number of aliphatic hydroxyl groups excluding tert-OH is 1. The van der Waals surface area contributed by atoms with E-state index in [2.05, 4.69) is 0 Å². The molecule has 4 nitrogen and oxygen atoms in total. The molecule has 1 saturated carbocycles. The number of thiophene rings is 1. The van der Waals surface area contributed by atoms with Gasteiger partial charge in [0.1, 0.15) is 0 Å². The first-order valence-corrected chi connectivity index (χ1v) is 8.58. The fourth-order valence-electron chi connectivity index (χ4n) is 2.09. The molecule has 0 amide bonds. The minimum atomic E-state index is -3.38. The first-order valence-electron chi connectivity index (χ1n) is 6.26. The molecule has 0 spiro atoms. The van der Waals surface area contributed by atoms with Gasteiger partial charge in [0.05, 0.1) is 11.5 Å². The van der Waals surface area contributed by atoms with Crippen molar-refractivity contribution < 1.29 is 13.5 Å². The van der Waals surface area contributed by atoms with Crippen molar-refractivity contribution >= 4 is 21.4 Å². The number of rotatable bonds is 6. The van der Waals surface area contributed by atoms with E-state index in [4.69, 9.17) is 5.11 Å². The van der Waals surface area contributed by atoms with Gasteiger partial charge >= 0.3 is 0 Å². The molecular formula is C12H19NO3S2. The maximum atomic E-state index is 12.4. The number of aliphatic hydroxyl groups is 1. The van der Waals surface area contributed by atoms with E-state index < -0.39 is 10.0 Å². The van der Waals surface area contributed by atoms with Crippen molar-refractivity contribution in [2.24, 2.45) is 5.92 Å². The van der Waals surface area contributed by atoms with Crippen LogP contribution in [0.1, 0.15) is 31.1 Å². The molecule has 1 heterocycles. The Morgan fingerprint density at radius 3 is 2.67 bits per heavy atom. The summed E-state index contributed by atoms with van der Waals surface area (Å²) in [6, 6.07) is 1.57. The van der Waals surface area contributed by atoms with Crippen molar-refractivity contribution in [2.45, 2.75) is 37.7 Å². The molecule has 102 valence electrons. The lowest BCUT2D eigenvalue weighted by Gasteiger charge is -2.30.